The standard InChI is InChI=1S/C28H26N4O4/c1-3-13-35-27(33)25-21-9-5-17(29-21)15-19-7-11-23(31-19)26(28(34)36-14-4-2)24-12-8-20(32-24)16-18-6-10-22(25)30-18/h5-12,15-16,29,31H,3-4,13-14H2,1-2H3. The first-order chi connectivity index (χ1) is 17.6. The van der Waals surface area contributed by atoms with Crippen LogP contribution in [0.25, 0.3) is 46.4 Å². The molecule has 3 aromatic rings. The van der Waals surface area contributed by atoms with E-state index >= 15 is 0 Å². The van der Waals surface area contributed by atoms with Crippen molar-refractivity contribution in [2.75, 3.05) is 13.2 Å². The van der Waals surface area contributed by atoms with E-state index in [9.17, 15) is 9.59 Å². The molecule has 5 rings (SSSR count). The summed E-state index contributed by atoms with van der Waals surface area (Å²) < 4.78 is 10.9. The van der Waals surface area contributed by atoms with Gasteiger partial charge in [-0.1, -0.05) is 13.8 Å². The molecule has 8 bridgehead atoms. The molecule has 182 valence electrons. The molecule has 0 aromatic carbocycles. The Morgan fingerprint density at radius 2 is 1.17 bits per heavy atom. The van der Waals surface area contributed by atoms with Gasteiger partial charge in [-0.2, -0.15) is 0 Å². The van der Waals surface area contributed by atoms with Gasteiger partial charge in [0, 0.05) is 11.0 Å². The number of esters is 2. The van der Waals surface area contributed by atoms with E-state index in [0.717, 1.165) is 23.9 Å². The maximum absolute atomic E-state index is 13.0. The fraction of sp³-hybridized carbons (Fsp3) is 0.214. The zero-order chi connectivity index (χ0) is 25.1. The SMILES string of the molecule is CCCOC(=O)c1c2nc(cc3nc(c(C(=O)OCCC)c4ccc(cc5ccc1[nH]5)[nH]4)C=C3)C=C2. The lowest BCUT2D eigenvalue weighted by Gasteiger charge is -2.04. The van der Waals surface area contributed by atoms with Crippen molar-refractivity contribution in [2.24, 2.45) is 0 Å². The lowest BCUT2D eigenvalue weighted by Crippen LogP contribution is -2.08. The molecule has 2 aliphatic rings. The second kappa shape index (κ2) is 10.0. The molecule has 8 nitrogen and oxygen atoms in total. The first-order valence-corrected chi connectivity index (χ1v) is 12.0. The lowest BCUT2D eigenvalue weighted by atomic mass is 10.2. The molecule has 0 atom stereocenters. The van der Waals surface area contributed by atoms with Crippen molar-refractivity contribution in [3.05, 3.63) is 70.3 Å². The van der Waals surface area contributed by atoms with Gasteiger partial charge < -0.3 is 19.4 Å². The van der Waals surface area contributed by atoms with E-state index in [-0.39, 0.29) is 0 Å². The van der Waals surface area contributed by atoms with Gasteiger partial charge in [0.15, 0.2) is 0 Å². The van der Waals surface area contributed by atoms with Crippen LogP contribution >= 0.6 is 0 Å². The number of fused-ring (bicyclic) bond motifs is 8. The molecule has 0 aliphatic carbocycles. The number of nitrogens with one attached hydrogen (secondary N) is 2. The molecular weight excluding hydrogens is 456 g/mol. The summed E-state index contributed by atoms with van der Waals surface area (Å²) in [5.41, 5.74) is 5.78. The van der Waals surface area contributed by atoms with Gasteiger partial charge in [0.05, 0.1) is 47.0 Å². The van der Waals surface area contributed by atoms with Crippen LogP contribution in [0.15, 0.2) is 36.4 Å². The second-order valence-electron chi connectivity index (χ2n) is 8.48. The van der Waals surface area contributed by atoms with Gasteiger partial charge in [0.25, 0.3) is 0 Å². The molecule has 0 saturated carbocycles. The number of ether oxygens (including phenoxy) is 2. The number of aromatic amines is 2. The van der Waals surface area contributed by atoms with Crippen LogP contribution in [0.1, 0.15) is 70.2 Å². The highest BCUT2D eigenvalue weighted by atomic mass is 16.5. The molecule has 0 saturated heterocycles. The average Bonchev–Trinajstić information content (AvgIpc) is 3.67. The predicted octanol–water partition coefficient (Wildman–Crippen LogP) is 5.79. The number of hydrogen-bond donors (Lipinski definition) is 2. The number of aromatic nitrogens is 4. The zero-order valence-electron chi connectivity index (χ0n) is 20.1. The maximum atomic E-state index is 13.0. The largest absolute Gasteiger partial charge is 0.462 e. The Labute approximate surface area is 207 Å². The highest BCUT2D eigenvalue weighted by Gasteiger charge is 2.19. The molecule has 0 fully saturated rings. The number of nitrogens with zero attached hydrogens (tertiary/aromatic N) is 2. The fourth-order valence-electron chi connectivity index (χ4n) is 4.04. The van der Waals surface area contributed by atoms with Gasteiger partial charge in [0.1, 0.15) is 11.1 Å². The van der Waals surface area contributed by atoms with Gasteiger partial charge in [-0.05, 0) is 73.5 Å². The van der Waals surface area contributed by atoms with Crippen LogP contribution in [0, 0.1) is 0 Å². The minimum atomic E-state index is -0.434. The Balaban J connectivity index is 1.79. The highest BCUT2D eigenvalue weighted by Crippen LogP contribution is 2.24. The van der Waals surface area contributed by atoms with Crippen LogP contribution in [0.3, 0.4) is 0 Å². The van der Waals surface area contributed by atoms with Crippen LogP contribution in [-0.4, -0.2) is 45.1 Å². The third kappa shape index (κ3) is 4.70. The van der Waals surface area contributed by atoms with E-state index < -0.39 is 11.9 Å². The third-order valence-corrected chi connectivity index (χ3v) is 5.68. The zero-order valence-corrected chi connectivity index (χ0v) is 20.1. The molecule has 2 N–H and O–H groups in total. The molecule has 5 heterocycles. The third-order valence-electron chi connectivity index (χ3n) is 5.68. The van der Waals surface area contributed by atoms with E-state index in [1.807, 2.05) is 56.3 Å². The molecule has 36 heavy (non-hydrogen) atoms. The number of carbonyl (C=O) groups is 2. The molecule has 8 heteroatoms. The Morgan fingerprint density at radius 3 is 1.61 bits per heavy atom. The Morgan fingerprint density at radius 1 is 0.694 bits per heavy atom. The minimum Gasteiger partial charge on any atom is -0.462 e. The first kappa shape index (κ1) is 23.3. The van der Waals surface area contributed by atoms with E-state index in [1.165, 1.54) is 0 Å². The number of hydrogen-bond acceptors (Lipinski definition) is 6. The lowest BCUT2D eigenvalue weighted by molar-refractivity contribution is 0.0497. The Hall–Kier alpha value is -4.46. The monoisotopic (exact) mass is 482 g/mol. The van der Waals surface area contributed by atoms with Crippen LogP contribution < -0.4 is 0 Å². The van der Waals surface area contributed by atoms with Crippen molar-refractivity contribution in [3.63, 3.8) is 0 Å². The van der Waals surface area contributed by atoms with Crippen molar-refractivity contribution in [2.45, 2.75) is 26.7 Å². The molecule has 0 radical (unpaired) electrons. The Kier molecular flexibility index (Phi) is 6.49. The molecule has 3 aromatic heterocycles. The first-order valence-electron chi connectivity index (χ1n) is 12.0. The summed E-state index contributed by atoms with van der Waals surface area (Å²) in [7, 11) is 0. The topological polar surface area (TPSA) is 110 Å². The molecular formula is C28H26N4O4. The van der Waals surface area contributed by atoms with E-state index in [4.69, 9.17) is 9.47 Å². The summed E-state index contributed by atoms with van der Waals surface area (Å²) in [6.45, 7) is 4.55. The van der Waals surface area contributed by atoms with E-state index in [1.54, 1.807) is 18.2 Å². The summed E-state index contributed by atoms with van der Waals surface area (Å²) >= 11 is 0. The van der Waals surface area contributed by atoms with Crippen molar-refractivity contribution in [1.29, 1.82) is 0 Å². The molecule has 0 amide bonds. The summed E-state index contributed by atoms with van der Waals surface area (Å²) in [4.78, 5) is 41.8. The van der Waals surface area contributed by atoms with Crippen LogP contribution in [0.2, 0.25) is 0 Å². The van der Waals surface area contributed by atoms with Crippen molar-refractivity contribution in [3.8, 4) is 0 Å². The predicted molar refractivity (Wildman–Crippen MR) is 140 cm³/mol. The van der Waals surface area contributed by atoms with Gasteiger partial charge >= 0.3 is 11.9 Å². The van der Waals surface area contributed by atoms with Gasteiger partial charge in [-0.25, -0.2) is 19.6 Å². The quantitative estimate of drug-likeness (QED) is 0.297. The molecule has 0 spiro atoms. The number of H-pyrrole nitrogens is 2. The van der Waals surface area contributed by atoms with Crippen molar-refractivity contribution in [1.82, 2.24) is 19.9 Å². The summed E-state index contributed by atoms with van der Waals surface area (Å²) in [6, 6.07) is 11.1. The summed E-state index contributed by atoms with van der Waals surface area (Å²) in [6.07, 6.45) is 8.67. The van der Waals surface area contributed by atoms with Crippen LogP contribution in [0.5, 0.6) is 0 Å². The van der Waals surface area contributed by atoms with Gasteiger partial charge in [-0.3, -0.25) is 0 Å². The van der Waals surface area contributed by atoms with Crippen LogP contribution in [0.4, 0.5) is 0 Å². The Bertz CT molecular complexity index is 1450. The fourth-order valence-corrected chi connectivity index (χ4v) is 4.04. The minimum absolute atomic E-state index is 0.326. The number of carbonyl (C=O) groups excluding carboxylic acids is 2. The summed E-state index contributed by atoms with van der Waals surface area (Å²) in [5.74, 6) is -0.867. The average molecular weight is 483 g/mol. The second-order valence-corrected chi connectivity index (χ2v) is 8.48. The highest BCUT2D eigenvalue weighted by molar-refractivity contribution is 6.03. The van der Waals surface area contributed by atoms with Crippen LogP contribution in [-0.2, 0) is 9.47 Å². The number of rotatable bonds is 6. The van der Waals surface area contributed by atoms with E-state index in [0.29, 0.717) is 58.1 Å². The molecule has 0 unspecified atom stereocenters. The normalized spacial score (nSPS) is 12.1. The van der Waals surface area contributed by atoms with Crippen molar-refractivity contribution < 1.29 is 19.1 Å². The van der Waals surface area contributed by atoms with Gasteiger partial charge in [-0.15, -0.1) is 0 Å². The van der Waals surface area contributed by atoms with Gasteiger partial charge in [0.2, 0.25) is 0 Å². The smallest absolute Gasteiger partial charge is 0.342 e. The van der Waals surface area contributed by atoms with E-state index in [2.05, 4.69) is 19.9 Å². The summed E-state index contributed by atoms with van der Waals surface area (Å²) in [5, 5.41) is 0. The maximum Gasteiger partial charge on any atom is 0.342 e. The molecule has 2 aliphatic heterocycles. The van der Waals surface area contributed by atoms with Crippen molar-refractivity contribution >= 4 is 58.3 Å².